The molecule has 2 heterocycles. The second-order valence-corrected chi connectivity index (χ2v) is 9.25. The number of carbonyl (C=O) groups is 1. The van der Waals surface area contributed by atoms with Crippen molar-refractivity contribution in [2.45, 2.75) is 32.3 Å². The molecule has 10 heteroatoms. The Labute approximate surface area is 221 Å². The normalized spacial score (nSPS) is 14.5. The lowest BCUT2D eigenvalue weighted by molar-refractivity contribution is 0.0617. The zero-order valence-corrected chi connectivity index (χ0v) is 21.4. The summed E-state index contributed by atoms with van der Waals surface area (Å²) in [6.45, 7) is 4.93. The molecule has 1 aromatic heterocycles. The van der Waals surface area contributed by atoms with E-state index in [0.29, 0.717) is 57.5 Å². The lowest BCUT2D eigenvalue weighted by Gasteiger charge is -2.28. The van der Waals surface area contributed by atoms with Crippen LogP contribution in [0.5, 0.6) is 17.2 Å². The number of anilines is 1. The van der Waals surface area contributed by atoms with Crippen LogP contribution in [0, 0.1) is 11.3 Å². The molecule has 0 saturated carbocycles. The molecule has 2 amide bonds. The number of hydrogen-bond acceptors (Lipinski definition) is 7. The Morgan fingerprint density at radius 3 is 2.76 bits per heavy atom. The van der Waals surface area contributed by atoms with E-state index in [1.54, 1.807) is 42.6 Å². The van der Waals surface area contributed by atoms with E-state index in [0.717, 1.165) is 25.9 Å². The van der Waals surface area contributed by atoms with Gasteiger partial charge < -0.3 is 30.1 Å². The van der Waals surface area contributed by atoms with Gasteiger partial charge in [0, 0.05) is 36.8 Å². The van der Waals surface area contributed by atoms with Gasteiger partial charge in [0.15, 0.2) is 0 Å². The van der Waals surface area contributed by atoms with Crippen LogP contribution in [0.3, 0.4) is 0 Å². The topological polar surface area (TPSA) is 120 Å². The molecule has 194 valence electrons. The summed E-state index contributed by atoms with van der Waals surface area (Å²) in [6, 6.07) is 11.8. The van der Waals surface area contributed by atoms with E-state index >= 15 is 0 Å². The summed E-state index contributed by atoms with van der Waals surface area (Å²) in [5.41, 5.74) is 1.35. The van der Waals surface area contributed by atoms with Crippen molar-refractivity contribution in [3.63, 3.8) is 0 Å². The molecular formula is C27H30ClN5O4. The maximum atomic E-state index is 11.8. The number of likely N-dealkylation sites (tertiary alicyclic amines) is 1. The minimum absolute atomic E-state index is 0.0854. The number of nitrogens with zero attached hydrogens (tertiary/aromatic N) is 3. The standard InChI is InChI=1S/C27H30ClN5O4/c1-2-30-27(35)32-23-7-6-20(13-22(23)28)37-25-8-9-31-24-14-26(18(15-29)12-21(24)25)36-17-19(34)16-33-10-4-3-5-11-33/h6-9,12-14,19,34H,2-5,10-11,16-17H2,1H3,(H2,30,32,35). The number of amides is 2. The number of hydrogen-bond donors (Lipinski definition) is 3. The molecule has 4 rings (SSSR count). The number of pyridine rings is 1. The Balaban J connectivity index is 1.48. The highest BCUT2D eigenvalue weighted by Crippen LogP contribution is 2.35. The van der Waals surface area contributed by atoms with Crippen LogP contribution in [0.1, 0.15) is 31.7 Å². The summed E-state index contributed by atoms with van der Waals surface area (Å²) in [7, 11) is 0. The zero-order chi connectivity index (χ0) is 26.2. The van der Waals surface area contributed by atoms with Gasteiger partial charge in [-0.3, -0.25) is 4.98 Å². The summed E-state index contributed by atoms with van der Waals surface area (Å²) in [5, 5.41) is 26.5. The van der Waals surface area contributed by atoms with Crippen molar-refractivity contribution in [1.29, 1.82) is 5.26 Å². The number of β-amino-alcohol motifs (C(OH)–C–C–N with tert-alkyl or cyclic N) is 1. The Morgan fingerprint density at radius 1 is 1.22 bits per heavy atom. The van der Waals surface area contributed by atoms with Crippen molar-refractivity contribution in [2.75, 3.05) is 38.1 Å². The monoisotopic (exact) mass is 523 g/mol. The maximum absolute atomic E-state index is 11.8. The Bertz CT molecular complexity index is 1290. The summed E-state index contributed by atoms with van der Waals surface area (Å²) in [5.74, 6) is 1.30. The second-order valence-electron chi connectivity index (χ2n) is 8.84. The van der Waals surface area contributed by atoms with E-state index in [2.05, 4.69) is 26.6 Å². The molecule has 1 aliphatic heterocycles. The van der Waals surface area contributed by atoms with Crippen LogP contribution in [0.4, 0.5) is 10.5 Å². The van der Waals surface area contributed by atoms with Crippen LogP contribution >= 0.6 is 11.6 Å². The fourth-order valence-corrected chi connectivity index (χ4v) is 4.46. The molecule has 2 aromatic carbocycles. The number of aliphatic hydroxyl groups is 1. The van der Waals surface area contributed by atoms with E-state index in [1.807, 2.05) is 6.92 Å². The minimum Gasteiger partial charge on any atom is -0.489 e. The zero-order valence-electron chi connectivity index (χ0n) is 20.7. The molecule has 1 aliphatic rings. The molecule has 3 aromatic rings. The third-order valence-corrected chi connectivity index (χ3v) is 6.34. The molecule has 0 radical (unpaired) electrons. The molecule has 0 spiro atoms. The van der Waals surface area contributed by atoms with Crippen LogP contribution < -0.4 is 20.1 Å². The molecule has 0 aliphatic carbocycles. The number of nitrogens with one attached hydrogen (secondary N) is 2. The van der Waals surface area contributed by atoms with Crippen molar-refractivity contribution in [1.82, 2.24) is 15.2 Å². The minimum atomic E-state index is -0.654. The van der Waals surface area contributed by atoms with E-state index in [-0.39, 0.29) is 12.6 Å². The number of fused-ring (bicyclic) bond motifs is 1. The largest absolute Gasteiger partial charge is 0.489 e. The first kappa shape index (κ1) is 26.5. The third-order valence-electron chi connectivity index (χ3n) is 6.03. The highest BCUT2D eigenvalue weighted by molar-refractivity contribution is 6.33. The third kappa shape index (κ3) is 7.01. The Kier molecular flexibility index (Phi) is 9.01. The van der Waals surface area contributed by atoms with Gasteiger partial charge in [-0.25, -0.2) is 4.79 Å². The highest BCUT2D eigenvalue weighted by atomic mass is 35.5. The number of aromatic nitrogens is 1. The van der Waals surface area contributed by atoms with Crippen molar-refractivity contribution in [3.8, 4) is 23.3 Å². The summed E-state index contributed by atoms with van der Waals surface area (Å²) in [6.07, 6.45) is 4.48. The molecule has 1 unspecified atom stereocenters. The average Bonchev–Trinajstić information content (AvgIpc) is 2.89. The van der Waals surface area contributed by atoms with Crippen molar-refractivity contribution >= 4 is 34.2 Å². The lowest BCUT2D eigenvalue weighted by atomic mass is 10.1. The predicted molar refractivity (Wildman–Crippen MR) is 142 cm³/mol. The van der Waals surface area contributed by atoms with Gasteiger partial charge >= 0.3 is 6.03 Å². The van der Waals surface area contributed by atoms with Crippen LogP contribution in [-0.4, -0.2) is 59.9 Å². The van der Waals surface area contributed by atoms with Gasteiger partial charge in [0.1, 0.15) is 36.0 Å². The van der Waals surface area contributed by atoms with E-state index in [9.17, 15) is 15.2 Å². The number of carbonyl (C=O) groups excluding carboxylic acids is 1. The Morgan fingerprint density at radius 2 is 2.03 bits per heavy atom. The van der Waals surface area contributed by atoms with Crippen LogP contribution in [-0.2, 0) is 0 Å². The fourth-order valence-electron chi connectivity index (χ4n) is 4.24. The molecule has 9 nitrogen and oxygen atoms in total. The number of halogens is 1. The molecule has 37 heavy (non-hydrogen) atoms. The molecule has 1 fully saturated rings. The maximum Gasteiger partial charge on any atom is 0.319 e. The van der Waals surface area contributed by atoms with Crippen LogP contribution in [0.25, 0.3) is 10.9 Å². The molecule has 3 N–H and O–H groups in total. The van der Waals surface area contributed by atoms with Gasteiger partial charge in [-0.1, -0.05) is 18.0 Å². The van der Waals surface area contributed by atoms with Gasteiger partial charge in [-0.05, 0) is 57.1 Å². The van der Waals surface area contributed by atoms with Gasteiger partial charge in [-0.2, -0.15) is 5.26 Å². The number of piperidine rings is 1. The highest BCUT2D eigenvalue weighted by Gasteiger charge is 2.17. The van der Waals surface area contributed by atoms with Crippen molar-refractivity contribution in [3.05, 3.63) is 53.2 Å². The van der Waals surface area contributed by atoms with Gasteiger partial charge in [0.2, 0.25) is 0 Å². The Hall–Kier alpha value is -3.58. The van der Waals surface area contributed by atoms with Crippen molar-refractivity contribution < 1.29 is 19.4 Å². The van der Waals surface area contributed by atoms with Crippen LogP contribution in [0.15, 0.2) is 42.6 Å². The molecule has 1 atom stereocenters. The smallest absolute Gasteiger partial charge is 0.319 e. The number of aliphatic hydroxyl groups excluding tert-OH is 1. The lowest BCUT2D eigenvalue weighted by Crippen LogP contribution is -2.38. The predicted octanol–water partition coefficient (Wildman–Crippen LogP) is 4.92. The SMILES string of the molecule is CCNC(=O)Nc1ccc(Oc2ccnc3cc(OCC(O)CN4CCCCC4)c(C#N)cc23)cc1Cl. The van der Waals surface area contributed by atoms with E-state index < -0.39 is 6.10 Å². The number of rotatable bonds is 9. The van der Waals surface area contributed by atoms with Gasteiger partial charge in [0.05, 0.1) is 21.8 Å². The number of benzene rings is 2. The van der Waals surface area contributed by atoms with E-state index in [4.69, 9.17) is 21.1 Å². The van der Waals surface area contributed by atoms with Crippen molar-refractivity contribution in [2.24, 2.45) is 0 Å². The summed E-state index contributed by atoms with van der Waals surface area (Å²) < 4.78 is 11.9. The van der Waals surface area contributed by atoms with E-state index in [1.165, 1.54) is 6.42 Å². The van der Waals surface area contributed by atoms with Crippen LogP contribution in [0.2, 0.25) is 5.02 Å². The molecule has 1 saturated heterocycles. The molecule has 0 bridgehead atoms. The first-order chi connectivity index (χ1) is 18.0. The summed E-state index contributed by atoms with van der Waals surface area (Å²) in [4.78, 5) is 18.4. The summed E-state index contributed by atoms with van der Waals surface area (Å²) >= 11 is 6.33. The first-order valence-electron chi connectivity index (χ1n) is 12.3. The molecular weight excluding hydrogens is 494 g/mol. The average molecular weight is 524 g/mol. The fraction of sp³-hybridized carbons (Fsp3) is 0.370. The quantitative estimate of drug-likeness (QED) is 0.364. The number of nitriles is 1. The number of ether oxygens (including phenoxy) is 2. The second kappa shape index (κ2) is 12.6. The first-order valence-corrected chi connectivity index (χ1v) is 12.7. The van der Waals surface area contributed by atoms with Gasteiger partial charge in [-0.15, -0.1) is 0 Å². The number of urea groups is 1. The van der Waals surface area contributed by atoms with Gasteiger partial charge in [0.25, 0.3) is 0 Å².